The molecule has 19 heavy (non-hydrogen) atoms. The van der Waals surface area contributed by atoms with Gasteiger partial charge < -0.3 is 5.73 Å². The Bertz CT molecular complexity index is 700. The van der Waals surface area contributed by atoms with Crippen LogP contribution in [0.15, 0.2) is 18.2 Å². The van der Waals surface area contributed by atoms with E-state index < -0.39 is 36.7 Å². The summed E-state index contributed by atoms with van der Waals surface area (Å²) in [6, 6.07) is 3.29. The molecular weight excluding hydrogens is 295 g/mol. The van der Waals surface area contributed by atoms with Crippen molar-refractivity contribution in [3.63, 3.8) is 0 Å². The third kappa shape index (κ3) is 3.16. The molecule has 9 heteroatoms. The lowest BCUT2D eigenvalue weighted by Gasteiger charge is -2.14. The van der Waals surface area contributed by atoms with Gasteiger partial charge in [0.15, 0.2) is 9.84 Å². The minimum absolute atomic E-state index is 0.0346. The molecule has 1 saturated heterocycles. The molecule has 6 nitrogen and oxygen atoms in total. The largest absolute Gasteiger partial charge is 0.397 e. The van der Waals surface area contributed by atoms with Crippen LogP contribution in [0.3, 0.4) is 0 Å². The predicted octanol–water partition coefficient (Wildman–Crippen LogP) is 0.337. The molecular formula is C10H13FN2O4S2. The van der Waals surface area contributed by atoms with Crippen molar-refractivity contribution in [2.75, 3.05) is 22.0 Å². The summed E-state index contributed by atoms with van der Waals surface area (Å²) in [5.74, 6) is -1.21. The van der Waals surface area contributed by atoms with Gasteiger partial charge in [-0.3, -0.25) is 4.72 Å². The van der Waals surface area contributed by atoms with Crippen LogP contribution in [0.4, 0.5) is 15.8 Å². The molecule has 1 unspecified atom stereocenters. The van der Waals surface area contributed by atoms with Gasteiger partial charge in [-0.25, -0.2) is 21.2 Å². The molecule has 2 rings (SSSR count). The number of nitrogens with two attached hydrogens (primary N) is 1. The second kappa shape index (κ2) is 4.64. The number of sulfone groups is 1. The fraction of sp³-hybridized carbons (Fsp3) is 0.400. The molecule has 1 atom stereocenters. The highest BCUT2D eigenvalue weighted by Crippen LogP contribution is 2.25. The molecule has 1 fully saturated rings. The zero-order valence-electron chi connectivity index (χ0n) is 9.84. The third-order valence-electron chi connectivity index (χ3n) is 2.90. The van der Waals surface area contributed by atoms with Crippen molar-refractivity contribution in [3.05, 3.63) is 24.0 Å². The van der Waals surface area contributed by atoms with Crippen molar-refractivity contribution in [1.29, 1.82) is 0 Å². The van der Waals surface area contributed by atoms with E-state index in [9.17, 15) is 21.2 Å². The van der Waals surface area contributed by atoms with E-state index in [0.29, 0.717) is 0 Å². The van der Waals surface area contributed by atoms with E-state index in [1.54, 1.807) is 0 Å². The van der Waals surface area contributed by atoms with Crippen molar-refractivity contribution >= 4 is 31.2 Å². The van der Waals surface area contributed by atoms with Crippen molar-refractivity contribution in [3.8, 4) is 0 Å². The summed E-state index contributed by atoms with van der Waals surface area (Å²) in [5.41, 5.74) is 5.53. The van der Waals surface area contributed by atoms with Gasteiger partial charge in [0.25, 0.3) is 0 Å². The average molecular weight is 308 g/mol. The Labute approximate surface area is 110 Å². The zero-order chi connectivity index (χ0) is 14.3. The van der Waals surface area contributed by atoms with E-state index in [0.717, 1.165) is 12.1 Å². The smallest absolute Gasteiger partial charge is 0.236 e. The van der Waals surface area contributed by atoms with Crippen LogP contribution in [0.2, 0.25) is 0 Å². The lowest BCUT2D eigenvalue weighted by Crippen LogP contribution is -2.29. The van der Waals surface area contributed by atoms with Gasteiger partial charge in [-0.15, -0.1) is 0 Å². The van der Waals surface area contributed by atoms with Crippen LogP contribution in [0.5, 0.6) is 0 Å². The molecule has 106 valence electrons. The highest BCUT2D eigenvalue weighted by Gasteiger charge is 2.37. The number of halogens is 1. The van der Waals surface area contributed by atoms with Crippen LogP contribution in [0.1, 0.15) is 6.42 Å². The standard InChI is InChI=1S/C10H13FN2O4S2/c11-7-1-2-9(12)10(5-7)13-19(16,17)8-3-4-18(14,15)6-8/h1-2,5,8,13H,3-4,6,12H2. The number of rotatable bonds is 3. The SMILES string of the molecule is Nc1ccc(F)cc1NS(=O)(=O)C1CCS(=O)(=O)C1. The Morgan fingerprint density at radius 1 is 1.37 bits per heavy atom. The number of hydrogen-bond acceptors (Lipinski definition) is 5. The first-order chi connectivity index (χ1) is 8.70. The van der Waals surface area contributed by atoms with Gasteiger partial charge in [0.1, 0.15) is 5.82 Å². The zero-order valence-corrected chi connectivity index (χ0v) is 11.5. The molecule has 1 aliphatic rings. The first kappa shape index (κ1) is 14.1. The van der Waals surface area contributed by atoms with Gasteiger partial charge in [0.2, 0.25) is 10.0 Å². The van der Waals surface area contributed by atoms with Gasteiger partial charge >= 0.3 is 0 Å². The summed E-state index contributed by atoms with van der Waals surface area (Å²) in [6.45, 7) is 0. The molecule has 0 bridgehead atoms. The summed E-state index contributed by atoms with van der Waals surface area (Å²) in [7, 11) is -7.21. The van der Waals surface area contributed by atoms with Crippen molar-refractivity contribution in [1.82, 2.24) is 0 Å². The molecule has 0 aromatic heterocycles. The predicted molar refractivity (Wildman–Crippen MR) is 70.4 cm³/mol. The highest BCUT2D eigenvalue weighted by atomic mass is 32.2. The minimum Gasteiger partial charge on any atom is -0.397 e. The summed E-state index contributed by atoms with van der Waals surface area (Å²) in [4.78, 5) is 0. The van der Waals surface area contributed by atoms with E-state index in [2.05, 4.69) is 4.72 Å². The lowest BCUT2D eigenvalue weighted by molar-refractivity contribution is 0.587. The highest BCUT2D eigenvalue weighted by molar-refractivity contribution is 7.97. The third-order valence-corrected chi connectivity index (χ3v) is 6.66. The molecule has 0 spiro atoms. The first-order valence-electron chi connectivity index (χ1n) is 5.47. The van der Waals surface area contributed by atoms with Crippen molar-refractivity contribution in [2.45, 2.75) is 11.7 Å². The second-order valence-electron chi connectivity index (χ2n) is 4.40. The number of sulfonamides is 1. The first-order valence-corrected chi connectivity index (χ1v) is 8.83. The van der Waals surface area contributed by atoms with Crippen LogP contribution in [-0.4, -0.2) is 33.6 Å². The molecule has 0 amide bonds. The van der Waals surface area contributed by atoms with Gasteiger partial charge in [0, 0.05) is 6.07 Å². The molecule has 0 saturated carbocycles. The number of anilines is 2. The Morgan fingerprint density at radius 2 is 2.05 bits per heavy atom. The number of nitrogens with one attached hydrogen (secondary N) is 1. The lowest BCUT2D eigenvalue weighted by atomic mass is 10.3. The molecule has 1 aliphatic heterocycles. The van der Waals surface area contributed by atoms with Crippen LogP contribution in [0.25, 0.3) is 0 Å². The van der Waals surface area contributed by atoms with Crippen LogP contribution in [0, 0.1) is 5.82 Å². The summed E-state index contributed by atoms with van der Waals surface area (Å²) >= 11 is 0. The molecule has 1 aromatic rings. The van der Waals surface area contributed by atoms with Gasteiger partial charge in [-0.2, -0.15) is 0 Å². The van der Waals surface area contributed by atoms with Gasteiger partial charge in [0.05, 0.1) is 28.1 Å². The van der Waals surface area contributed by atoms with Gasteiger partial charge in [-0.05, 0) is 18.6 Å². The van der Waals surface area contributed by atoms with E-state index >= 15 is 0 Å². The molecule has 0 radical (unpaired) electrons. The average Bonchev–Trinajstić information content (AvgIpc) is 2.65. The summed E-state index contributed by atoms with van der Waals surface area (Å²) in [6.07, 6.45) is 0.0346. The number of nitrogen functional groups attached to an aromatic ring is 1. The Balaban J connectivity index is 2.25. The maximum Gasteiger partial charge on any atom is 0.236 e. The Morgan fingerprint density at radius 3 is 2.63 bits per heavy atom. The van der Waals surface area contributed by atoms with E-state index in [1.165, 1.54) is 6.07 Å². The summed E-state index contributed by atoms with van der Waals surface area (Å²) < 4.78 is 61.8. The monoisotopic (exact) mass is 308 g/mol. The Hall–Kier alpha value is -1.35. The maximum absolute atomic E-state index is 13.0. The van der Waals surface area contributed by atoms with E-state index in [4.69, 9.17) is 5.73 Å². The molecule has 1 heterocycles. The van der Waals surface area contributed by atoms with E-state index in [1.807, 2.05) is 0 Å². The molecule has 1 aromatic carbocycles. The normalized spacial score (nSPS) is 22.3. The van der Waals surface area contributed by atoms with Crippen molar-refractivity contribution < 1.29 is 21.2 Å². The molecule has 3 N–H and O–H groups in total. The van der Waals surface area contributed by atoms with Crippen LogP contribution < -0.4 is 10.5 Å². The fourth-order valence-corrected chi connectivity index (χ4v) is 5.97. The topological polar surface area (TPSA) is 106 Å². The maximum atomic E-state index is 13.0. The summed E-state index contributed by atoms with van der Waals surface area (Å²) in [5, 5.41) is -1.03. The second-order valence-corrected chi connectivity index (χ2v) is 8.59. The number of hydrogen-bond donors (Lipinski definition) is 2. The van der Waals surface area contributed by atoms with Gasteiger partial charge in [-0.1, -0.05) is 0 Å². The van der Waals surface area contributed by atoms with E-state index in [-0.39, 0.29) is 23.5 Å². The Kier molecular flexibility index (Phi) is 3.43. The quantitative estimate of drug-likeness (QED) is 0.783. The van der Waals surface area contributed by atoms with Crippen molar-refractivity contribution in [2.24, 2.45) is 0 Å². The van der Waals surface area contributed by atoms with Crippen LogP contribution in [-0.2, 0) is 19.9 Å². The number of benzene rings is 1. The van der Waals surface area contributed by atoms with Crippen LogP contribution >= 0.6 is 0 Å². The fourth-order valence-electron chi connectivity index (χ4n) is 1.86. The molecule has 0 aliphatic carbocycles. The minimum atomic E-state index is -3.90.